The van der Waals surface area contributed by atoms with E-state index in [-0.39, 0.29) is 10.6 Å². The largest absolute Gasteiger partial charge is 0.477 e. The predicted octanol–water partition coefficient (Wildman–Crippen LogP) is 3.19. The molecule has 0 aliphatic rings. The molecule has 0 bridgehead atoms. The number of carboxylic acid groups (broad SMARTS) is 1. The topological polar surface area (TPSA) is 50.2 Å². The van der Waals surface area contributed by atoms with Gasteiger partial charge in [-0.2, -0.15) is 13.2 Å². The van der Waals surface area contributed by atoms with Gasteiger partial charge in [0.15, 0.2) is 4.34 Å². The van der Waals surface area contributed by atoms with Crippen LogP contribution in [-0.4, -0.2) is 28.0 Å². The number of halogens is 3. The van der Waals surface area contributed by atoms with E-state index in [0.717, 1.165) is 23.1 Å². The molecule has 0 fully saturated rings. The van der Waals surface area contributed by atoms with E-state index in [2.05, 4.69) is 4.98 Å². The van der Waals surface area contributed by atoms with E-state index in [1.54, 1.807) is 0 Å². The highest BCUT2D eigenvalue weighted by Crippen LogP contribution is 2.30. The van der Waals surface area contributed by atoms with Crippen molar-refractivity contribution in [2.45, 2.75) is 23.9 Å². The number of hydrogen-bond acceptors (Lipinski definition) is 4. The van der Waals surface area contributed by atoms with Crippen LogP contribution in [0.5, 0.6) is 0 Å². The molecule has 0 atom stereocenters. The van der Waals surface area contributed by atoms with Crippen LogP contribution in [0.15, 0.2) is 4.34 Å². The third kappa shape index (κ3) is 4.01. The molecule has 90 valence electrons. The number of aromatic nitrogens is 1. The normalized spacial score (nSPS) is 11.8. The van der Waals surface area contributed by atoms with Crippen molar-refractivity contribution in [1.82, 2.24) is 4.98 Å². The number of carboxylic acids is 1. The van der Waals surface area contributed by atoms with E-state index in [1.807, 2.05) is 0 Å². The molecule has 1 aromatic heterocycles. The van der Waals surface area contributed by atoms with Gasteiger partial charge in [0.25, 0.3) is 0 Å². The summed E-state index contributed by atoms with van der Waals surface area (Å²) < 4.78 is 35.9. The molecule has 1 aromatic rings. The highest BCUT2D eigenvalue weighted by molar-refractivity contribution is 8.01. The monoisotopic (exact) mass is 271 g/mol. The number of rotatable bonds is 4. The van der Waals surface area contributed by atoms with Gasteiger partial charge in [0.1, 0.15) is 4.88 Å². The average molecular weight is 271 g/mol. The van der Waals surface area contributed by atoms with Crippen LogP contribution >= 0.6 is 23.1 Å². The van der Waals surface area contributed by atoms with E-state index >= 15 is 0 Å². The SMILES string of the molecule is Cc1nc(SCCC(F)(F)F)sc1C(=O)O. The van der Waals surface area contributed by atoms with E-state index in [1.165, 1.54) is 6.92 Å². The van der Waals surface area contributed by atoms with Crippen LogP contribution < -0.4 is 0 Å². The van der Waals surface area contributed by atoms with Gasteiger partial charge >= 0.3 is 12.1 Å². The fourth-order valence-corrected chi connectivity index (χ4v) is 2.97. The summed E-state index contributed by atoms with van der Waals surface area (Å²) in [7, 11) is 0. The molecule has 1 rings (SSSR count). The minimum absolute atomic E-state index is 0.0782. The first-order valence-corrected chi connectivity index (χ1v) is 6.00. The van der Waals surface area contributed by atoms with Gasteiger partial charge in [-0.05, 0) is 6.92 Å². The quantitative estimate of drug-likeness (QED) is 0.854. The maximum absolute atomic E-state index is 11.8. The Hall–Kier alpha value is -0.760. The zero-order valence-electron chi connectivity index (χ0n) is 8.17. The number of hydrogen-bond donors (Lipinski definition) is 1. The number of nitrogens with zero attached hydrogens (tertiary/aromatic N) is 1. The van der Waals surface area contributed by atoms with Crippen molar-refractivity contribution in [2.75, 3.05) is 5.75 Å². The molecule has 0 aliphatic carbocycles. The molecular weight excluding hydrogens is 263 g/mol. The van der Waals surface area contributed by atoms with Crippen molar-refractivity contribution in [3.05, 3.63) is 10.6 Å². The van der Waals surface area contributed by atoms with Gasteiger partial charge in [0.05, 0.1) is 12.1 Å². The van der Waals surface area contributed by atoms with E-state index in [4.69, 9.17) is 5.11 Å². The Morgan fingerprint density at radius 1 is 1.56 bits per heavy atom. The lowest BCUT2D eigenvalue weighted by atomic mass is 10.4. The number of thiazole rings is 1. The van der Waals surface area contributed by atoms with Crippen molar-refractivity contribution < 1.29 is 23.1 Å². The van der Waals surface area contributed by atoms with Crippen LogP contribution in [0.25, 0.3) is 0 Å². The molecule has 0 saturated heterocycles. The molecule has 0 saturated carbocycles. The minimum atomic E-state index is -4.19. The number of alkyl halides is 3. The Morgan fingerprint density at radius 3 is 2.62 bits per heavy atom. The van der Waals surface area contributed by atoms with Crippen LogP contribution in [0.1, 0.15) is 21.8 Å². The second-order valence-corrected chi connectivity index (χ2v) is 5.25. The van der Waals surface area contributed by atoms with E-state index in [9.17, 15) is 18.0 Å². The first-order valence-electron chi connectivity index (χ1n) is 4.20. The van der Waals surface area contributed by atoms with Gasteiger partial charge in [0.2, 0.25) is 0 Å². The predicted molar refractivity (Wildman–Crippen MR) is 55.2 cm³/mol. The first-order chi connectivity index (χ1) is 7.29. The van der Waals surface area contributed by atoms with E-state index < -0.39 is 18.6 Å². The third-order valence-electron chi connectivity index (χ3n) is 1.58. The van der Waals surface area contributed by atoms with Crippen molar-refractivity contribution >= 4 is 29.1 Å². The van der Waals surface area contributed by atoms with Gasteiger partial charge in [-0.3, -0.25) is 0 Å². The number of carbonyl (C=O) groups is 1. The number of aromatic carboxylic acids is 1. The van der Waals surface area contributed by atoms with Gasteiger partial charge in [-0.25, -0.2) is 9.78 Å². The summed E-state index contributed by atoms with van der Waals surface area (Å²) >= 11 is 1.83. The molecule has 1 heterocycles. The van der Waals surface area contributed by atoms with Crippen LogP contribution in [0, 0.1) is 6.92 Å². The van der Waals surface area contributed by atoms with Gasteiger partial charge < -0.3 is 5.11 Å². The zero-order valence-corrected chi connectivity index (χ0v) is 9.80. The molecule has 0 aliphatic heterocycles. The fraction of sp³-hybridized carbons (Fsp3) is 0.500. The maximum atomic E-state index is 11.8. The summed E-state index contributed by atoms with van der Waals surface area (Å²) in [6.07, 6.45) is -5.09. The lowest BCUT2D eigenvalue weighted by Gasteiger charge is -2.03. The van der Waals surface area contributed by atoms with Crippen molar-refractivity contribution in [1.29, 1.82) is 0 Å². The molecule has 0 radical (unpaired) electrons. The molecule has 3 nitrogen and oxygen atoms in total. The van der Waals surface area contributed by atoms with Crippen molar-refractivity contribution in [2.24, 2.45) is 0 Å². The highest BCUT2D eigenvalue weighted by Gasteiger charge is 2.26. The average Bonchev–Trinajstić information content (AvgIpc) is 2.44. The maximum Gasteiger partial charge on any atom is 0.389 e. The van der Waals surface area contributed by atoms with Gasteiger partial charge in [-0.15, -0.1) is 11.3 Å². The Morgan fingerprint density at radius 2 is 2.19 bits per heavy atom. The summed E-state index contributed by atoms with van der Waals surface area (Å²) in [6, 6.07) is 0. The van der Waals surface area contributed by atoms with Crippen LogP contribution in [-0.2, 0) is 0 Å². The van der Waals surface area contributed by atoms with Gasteiger partial charge in [-0.1, -0.05) is 11.8 Å². The summed E-state index contributed by atoms with van der Waals surface area (Å²) in [5.74, 6) is -1.24. The highest BCUT2D eigenvalue weighted by atomic mass is 32.2. The second-order valence-electron chi connectivity index (χ2n) is 2.91. The summed E-state index contributed by atoms with van der Waals surface area (Å²) in [4.78, 5) is 14.6. The van der Waals surface area contributed by atoms with Crippen LogP contribution in [0.3, 0.4) is 0 Å². The molecule has 0 spiro atoms. The van der Waals surface area contributed by atoms with E-state index in [0.29, 0.717) is 10.0 Å². The van der Waals surface area contributed by atoms with Crippen LogP contribution in [0.2, 0.25) is 0 Å². The van der Waals surface area contributed by atoms with Crippen molar-refractivity contribution in [3.63, 3.8) is 0 Å². The summed E-state index contributed by atoms with van der Waals surface area (Å²) in [5, 5.41) is 8.71. The molecule has 0 aromatic carbocycles. The lowest BCUT2D eigenvalue weighted by Crippen LogP contribution is -2.07. The molecule has 16 heavy (non-hydrogen) atoms. The molecular formula is C8H8F3NO2S2. The lowest BCUT2D eigenvalue weighted by molar-refractivity contribution is -0.129. The summed E-state index contributed by atoms with van der Waals surface area (Å²) in [6.45, 7) is 1.52. The van der Waals surface area contributed by atoms with Crippen molar-refractivity contribution in [3.8, 4) is 0 Å². The zero-order chi connectivity index (χ0) is 12.3. The third-order valence-corrected chi connectivity index (χ3v) is 3.87. The Balaban J connectivity index is 2.56. The number of thioether (sulfide) groups is 1. The number of aryl methyl sites for hydroxylation is 1. The Kier molecular flexibility index (Phi) is 4.20. The molecule has 8 heteroatoms. The minimum Gasteiger partial charge on any atom is -0.477 e. The molecule has 0 unspecified atom stereocenters. The second kappa shape index (κ2) is 5.05. The molecule has 0 amide bonds. The first kappa shape index (κ1) is 13.3. The smallest absolute Gasteiger partial charge is 0.389 e. The Labute approximate surface area is 97.7 Å². The molecule has 1 N–H and O–H groups in total. The van der Waals surface area contributed by atoms with Gasteiger partial charge in [0, 0.05) is 5.75 Å². The fourth-order valence-electron chi connectivity index (χ4n) is 0.886. The standard InChI is InChI=1S/C8H8F3NO2S2/c1-4-5(6(13)14)16-7(12-4)15-3-2-8(9,10)11/h2-3H2,1H3,(H,13,14). The summed E-state index contributed by atoms with van der Waals surface area (Å²) in [5.41, 5.74) is 0.340. The Bertz CT molecular complexity index is 389. The van der Waals surface area contributed by atoms with Crippen LogP contribution in [0.4, 0.5) is 13.2 Å².